The number of para-hydroxylation sites is 1. The van der Waals surface area contributed by atoms with E-state index in [1.54, 1.807) is 13.1 Å². The van der Waals surface area contributed by atoms with Crippen molar-refractivity contribution in [2.75, 3.05) is 6.54 Å². The molecule has 6 heteroatoms. The van der Waals surface area contributed by atoms with Gasteiger partial charge in [-0.3, -0.25) is 14.5 Å². The fourth-order valence-corrected chi connectivity index (χ4v) is 3.77. The fraction of sp³-hybridized carbons (Fsp3) is 0.261. The summed E-state index contributed by atoms with van der Waals surface area (Å²) in [6, 6.07) is 14.5. The molecule has 1 aromatic heterocycles. The Labute approximate surface area is 168 Å². The van der Waals surface area contributed by atoms with Crippen molar-refractivity contribution in [2.24, 2.45) is 0 Å². The van der Waals surface area contributed by atoms with Crippen LogP contribution in [0.5, 0.6) is 0 Å². The van der Waals surface area contributed by atoms with Gasteiger partial charge in [-0.1, -0.05) is 56.3 Å². The zero-order valence-corrected chi connectivity index (χ0v) is 16.7. The molecule has 1 fully saturated rings. The Morgan fingerprint density at radius 2 is 1.76 bits per heavy atom. The van der Waals surface area contributed by atoms with E-state index in [9.17, 15) is 14.4 Å². The van der Waals surface area contributed by atoms with Crippen molar-refractivity contribution in [3.63, 3.8) is 0 Å². The number of fused-ring (bicyclic) bond motifs is 1. The molecule has 148 valence electrons. The van der Waals surface area contributed by atoms with Crippen molar-refractivity contribution >= 4 is 28.6 Å². The van der Waals surface area contributed by atoms with Crippen LogP contribution in [-0.4, -0.2) is 34.2 Å². The first-order valence-electron chi connectivity index (χ1n) is 9.65. The lowest BCUT2D eigenvalue weighted by molar-refractivity contribution is -0.130. The van der Waals surface area contributed by atoms with Gasteiger partial charge in [0, 0.05) is 22.7 Å². The zero-order chi connectivity index (χ0) is 20.8. The summed E-state index contributed by atoms with van der Waals surface area (Å²) in [7, 11) is 0. The highest BCUT2D eigenvalue weighted by Crippen LogP contribution is 2.30. The van der Waals surface area contributed by atoms with Crippen molar-refractivity contribution in [1.29, 1.82) is 0 Å². The average Bonchev–Trinajstić information content (AvgIpc) is 3.23. The summed E-state index contributed by atoms with van der Waals surface area (Å²) in [5.74, 6) is -0.339. The minimum absolute atomic E-state index is 0.287. The van der Waals surface area contributed by atoms with Crippen molar-refractivity contribution in [1.82, 2.24) is 15.2 Å². The highest BCUT2D eigenvalue weighted by Gasteiger charge is 2.49. The molecule has 2 N–H and O–H groups in total. The number of urea groups is 1. The number of nitrogens with one attached hydrogen (secondary N) is 2. The summed E-state index contributed by atoms with van der Waals surface area (Å²) in [6.07, 6.45) is 1.62. The third-order valence-electron chi connectivity index (χ3n) is 5.62. The number of Topliss-reactive ketones (excluding diaryl/α,β-unsaturated/α-hetero) is 1. The Balaban J connectivity index is 1.58. The van der Waals surface area contributed by atoms with Crippen LogP contribution in [0, 0.1) is 0 Å². The van der Waals surface area contributed by atoms with Crippen LogP contribution in [0.15, 0.2) is 54.7 Å². The molecule has 3 amide bonds. The summed E-state index contributed by atoms with van der Waals surface area (Å²) in [5, 5.41) is 3.53. The third kappa shape index (κ3) is 3.10. The normalized spacial score (nSPS) is 19.2. The number of nitrogens with zero attached hydrogens (tertiary/aromatic N) is 1. The summed E-state index contributed by atoms with van der Waals surface area (Å²) in [4.78, 5) is 42.5. The Hall–Kier alpha value is -3.41. The molecule has 29 heavy (non-hydrogen) atoms. The predicted octanol–water partition coefficient (Wildman–Crippen LogP) is 3.94. The molecule has 1 saturated heterocycles. The van der Waals surface area contributed by atoms with Gasteiger partial charge in [-0.2, -0.15) is 0 Å². The molecule has 4 rings (SSSR count). The largest absolute Gasteiger partial charge is 0.360 e. The lowest BCUT2D eigenvalue weighted by Gasteiger charge is -2.22. The lowest BCUT2D eigenvalue weighted by Crippen LogP contribution is -2.41. The van der Waals surface area contributed by atoms with Gasteiger partial charge in [0.25, 0.3) is 5.91 Å². The number of benzene rings is 2. The quantitative estimate of drug-likeness (QED) is 0.512. The van der Waals surface area contributed by atoms with Crippen LogP contribution in [0.3, 0.4) is 0 Å². The van der Waals surface area contributed by atoms with Crippen LogP contribution in [0.2, 0.25) is 0 Å². The first-order chi connectivity index (χ1) is 13.8. The first-order valence-corrected chi connectivity index (χ1v) is 9.65. The van der Waals surface area contributed by atoms with E-state index in [0.717, 1.165) is 21.4 Å². The summed E-state index contributed by atoms with van der Waals surface area (Å²) in [6.45, 7) is 5.56. The molecule has 0 bridgehead atoms. The molecule has 2 aromatic carbocycles. The molecule has 0 radical (unpaired) electrons. The molecular formula is C23H23N3O3. The topological polar surface area (TPSA) is 82.3 Å². The van der Waals surface area contributed by atoms with E-state index in [1.165, 1.54) is 0 Å². The molecule has 1 aliphatic heterocycles. The molecule has 0 spiro atoms. The van der Waals surface area contributed by atoms with E-state index in [1.807, 2.05) is 48.5 Å². The average molecular weight is 389 g/mol. The summed E-state index contributed by atoms with van der Waals surface area (Å²) in [5.41, 5.74) is 1.97. The lowest BCUT2D eigenvalue weighted by atomic mass is 9.90. The number of H-pyrrole nitrogens is 1. The predicted molar refractivity (Wildman–Crippen MR) is 111 cm³/mol. The van der Waals surface area contributed by atoms with Gasteiger partial charge in [0.2, 0.25) is 0 Å². The molecule has 0 aliphatic carbocycles. The Morgan fingerprint density at radius 1 is 1.07 bits per heavy atom. The SMILES string of the molecule is CC(C)c1ccc(C2(C)NC(=O)N(CC(=O)c3c[nH]c4ccccc34)C2=O)cc1. The molecule has 3 aromatic rings. The molecule has 6 nitrogen and oxygen atoms in total. The molecule has 0 saturated carbocycles. The molecular weight excluding hydrogens is 366 g/mol. The van der Waals surface area contributed by atoms with E-state index in [2.05, 4.69) is 24.1 Å². The van der Waals surface area contributed by atoms with Crippen LogP contribution in [-0.2, 0) is 10.3 Å². The number of hydrogen-bond acceptors (Lipinski definition) is 3. The van der Waals surface area contributed by atoms with Gasteiger partial charge >= 0.3 is 6.03 Å². The molecule has 1 aliphatic rings. The smallest absolute Gasteiger partial charge is 0.325 e. The van der Waals surface area contributed by atoms with E-state index < -0.39 is 17.5 Å². The van der Waals surface area contributed by atoms with Gasteiger partial charge in [-0.05, 0) is 30.0 Å². The minimum atomic E-state index is -1.19. The zero-order valence-electron chi connectivity index (χ0n) is 16.7. The van der Waals surface area contributed by atoms with Gasteiger partial charge in [0.15, 0.2) is 5.78 Å². The number of carbonyl (C=O) groups is 3. The Morgan fingerprint density at radius 3 is 2.45 bits per heavy atom. The summed E-state index contributed by atoms with van der Waals surface area (Å²) >= 11 is 0. The first kappa shape index (κ1) is 18.9. The van der Waals surface area contributed by atoms with Crippen molar-refractivity contribution in [3.05, 3.63) is 71.4 Å². The number of hydrogen-bond donors (Lipinski definition) is 2. The molecule has 2 heterocycles. The fourth-order valence-electron chi connectivity index (χ4n) is 3.77. The second-order valence-corrected chi connectivity index (χ2v) is 7.89. The number of imide groups is 1. The van der Waals surface area contributed by atoms with E-state index >= 15 is 0 Å². The van der Waals surface area contributed by atoms with Gasteiger partial charge in [-0.15, -0.1) is 0 Å². The van der Waals surface area contributed by atoms with Crippen LogP contribution in [0.1, 0.15) is 48.2 Å². The number of carbonyl (C=O) groups excluding carboxylic acids is 3. The second kappa shape index (κ2) is 6.88. The number of amides is 3. The number of rotatable bonds is 5. The maximum Gasteiger partial charge on any atom is 0.325 e. The van der Waals surface area contributed by atoms with E-state index in [4.69, 9.17) is 0 Å². The van der Waals surface area contributed by atoms with Gasteiger partial charge in [0.1, 0.15) is 5.54 Å². The standard InChI is InChI=1S/C23H23N3O3/c1-14(2)15-8-10-16(11-9-15)23(3)21(28)26(22(29)25-23)13-20(27)18-12-24-19-7-5-4-6-17(18)19/h4-12,14,24H,13H2,1-3H3,(H,25,29). The maximum absolute atomic E-state index is 13.1. The number of aromatic amines is 1. The van der Waals surface area contributed by atoms with Gasteiger partial charge in [-0.25, -0.2) is 4.79 Å². The Kier molecular flexibility index (Phi) is 4.49. The van der Waals surface area contributed by atoms with Gasteiger partial charge < -0.3 is 10.3 Å². The Bertz CT molecular complexity index is 1110. The van der Waals surface area contributed by atoms with Crippen LogP contribution < -0.4 is 5.32 Å². The van der Waals surface area contributed by atoms with Crippen molar-refractivity contribution < 1.29 is 14.4 Å². The van der Waals surface area contributed by atoms with Crippen LogP contribution in [0.4, 0.5) is 4.79 Å². The minimum Gasteiger partial charge on any atom is -0.360 e. The monoisotopic (exact) mass is 389 g/mol. The molecule has 1 unspecified atom stereocenters. The highest BCUT2D eigenvalue weighted by molar-refractivity contribution is 6.14. The van der Waals surface area contributed by atoms with E-state index in [-0.39, 0.29) is 12.3 Å². The van der Waals surface area contributed by atoms with Crippen molar-refractivity contribution in [3.8, 4) is 0 Å². The summed E-state index contributed by atoms with van der Waals surface area (Å²) < 4.78 is 0. The third-order valence-corrected chi connectivity index (χ3v) is 5.62. The number of ketones is 1. The second-order valence-electron chi connectivity index (χ2n) is 7.89. The highest BCUT2D eigenvalue weighted by atomic mass is 16.2. The van der Waals surface area contributed by atoms with Crippen molar-refractivity contribution in [2.45, 2.75) is 32.2 Å². The van der Waals surface area contributed by atoms with Crippen LogP contribution >= 0.6 is 0 Å². The van der Waals surface area contributed by atoms with Crippen LogP contribution in [0.25, 0.3) is 10.9 Å². The number of aromatic nitrogens is 1. The van der Waals surface area contributed by atoms with E-state index in [0.29, 0.717) is 17.0 Å². The maximum atomic E-state index is 13.1. The van der Waals surface area contributed by atoms with Gasteiger partial charge in [0.05, 0.1) is 6.54 Å². The molecule has 1 atom stereocenters.